The molecular weight excluding hydrogens is 188 g/mol. The Balaban J connectivity index is 2.00. The zero-order valence-corrected chi connectivity index (χ0v) is 9.40. The Morgan fingerprint density at radius 2 is 2.20 bits per heavy atom. The molecule has 5 atom stereocenters. The average Bonchev–Trinajstić information content (AvgIpc) is 2.54. The van der Waals surface area contributed by atoms with Crippen LogP contribution in [-0.2, 0) is 9.53 Å². The van der Waals surface area contributed by atoms with Crippen molar-refractivity contribution >= 4 is 5.97 Å². The minimum Gasteiger partial charge on any atom is -0.457 e. The van der Waals surface area contributed by atoms with E-state index in [-0.39, 0.29) is 18.0 Å². The van der Waals surface area contributed by atoms with Crippen molar-refractivity contribution < 1.29 is 9.53 Å². The number of esters is 1. The van der Waals surface area contributed by atoms with E-state index in [4.69, 9.17) is 4.74 Å². The lowest BCUT2D eigenvalue weighted by atomic mass is 9.62. The zero-order valence-electron chi connectivity index (χ0n) is 9.40. The van der Waals surface area contributed by atoms with Gasteiger partial charge in [0.15, 0.2) is 0 Å². The molecule has 1 saturated carbocycles. The molecule has 1 aliphatic heterocycles. The predicted octanol–water partition coefficient (Wildman–Crippen LogP) is 2.54. The molecule has 0 radical (unpaired) electrons. The van der Waals surface area contributed by atoms with Crippen molar-refractivity contribution in [2.75, 3.05) is 0 Å². The van der Waals surface area contributed by atoms with Gasteiger partial charge < -0.3 is 4.74 Å². The third kappa shape index (κ3) is 1.20. The molecule has 0 N–H and O–H groups in total. The van der Waals surface area contributed by atoms with E-state index in [0.29, 0.717) is 11.8 Å². The number of rotatable bonds is 0. The van der Waals surface area contributed by atoms with Gasteiger partial charge in [-0.25, -0.2) is 0 Å². The van der Waals surface area contributed by atoms with Crippen molar-refractivity contribution in [3.63, 3.8) is 0 Å². The fourth-order valence-electron chi connectivity index (χ4n) is 3.75. The highest BCUT2D eigenvalue weighted by Gasteiger charge is 2.53. The molecule has 2 heteroatoms. The Morgan fingerprint density at radius 3 is 3.00 bits per heavy atom. The Labute approximate surface area is 90.7 Å². The summed E-state index contributed by atoms with van der Waals surface area (Å²) in [5.41, 5.74) is 1.28. The first-order valence-corrected chi connectivity index (χ1v) is 6.05. The smallest absolute Gasteiger partial charge is 0.309 e. The molecule has 0 amide bonds. The lowest BCUT2D eigenvalue weighted by Gasteiger charge is -2.40. The molecule has 2 aliphatic carbocycles. The van der Waals surface area contributed by atoms with Crippen molar-refractivity contribution in [3.05, 3.63) is 11.6 Å². The topological polar surface area (TPSA) is 26.3 Å². The van der Waals surface area contributed by atoms with Crippen LogP contribution in [-0.4, -0.2) is 12.1 Å². The van der Waals surface area contributed by atoms with E-state index in [1.165, 1.54) is 12.0 Å². The van der Waals surface area contributed by atoms with Gasteiger partial charge in [0.1, 0.15) is 6.10 Å². The van der Waals surface area contributed by atoms with E-state index in [9.17, 15) is 4.79 Å². The maximum absolute atomic E-state index is 11.8. The molecule has 82 valence electrons. The zero-order chi connectivity index (χ0) is 10.6. The van der Waals surface area contributed by atoms with E-state index in [0.717, 1.165) is 18.8 Å². The van der Waals surface area contributed by atoms with Crippen molar-refractivity contribution in [3.8, 4) is 0 Å². The van der Waals surface area contributed by atoms with E-state index in [1.54, 1.807) is 0 Å². The first-order valence-electron chi connectivity index (χ1n) is 6.05. The molecular formula is C13H18O2. The third-order valence-electron chi connectivity index (χ3n) is 4.68. The predicted molar refractivity (Wildman–Crippen MR) is 57.1 cm³/mol. The molecule has 0 spiro atoms. The summed E-state index contributed by atoms with van der Waals surface area (Å²) < 4.78 is 5.53. The number of allylic oxidation sites excluding steroid dienone is 1. The molecule has 1 saturated heterocycles. The van der Waals surface area contributed by atoms with Crippen molar-refractivity contribution in [2.24, 2.45) is 23.7 Å². The van der Waals surface area contributed by atoms with Crippen LogP contribution in [0.5, 0.6) is 0 Å². The largest absolute Gasteiger partial charge is 0.457 e. The first kappa shape index (κ1) is 9.44. The molecule has 0 aromatic rings. The quantitative estimate of drug-likeness (QED) is 0.449. The van der Waals surface area contributed by atoms with Crippen LogP contribution in [0.3, 0.4) is 0 Å². The fourth-order valence-corrected chi connectivity index (χ4v) is 3.75. The lowest BCUT2D eigenvalue weighted by Crippen LogP contribution is -2.39. The molecule has 2 nitrogen and oxygen atoms in total. The average molecular weight is 206 g/mol. The summed E-state index contributed by atoms with van der Waals surface area (Å²) in [7, 11) is 0. The first-order chi connectivity index (χ1) is 7.18. The van der Waals surface area contributed by atoms with Crippen LogP contribution in [0.15, 0.2) is 11.6 Å². The lowest BCUT2D eigenvalue weighted by molar-refractivity contribution is -0.143. The molecule has 3 aliphatic rings. The molecule has 15 heavy (non-hydrogen) atoms. The normalized spacial score (nSPS) is 48.3. The number of ether oxygens (including phenoxy) is 1. The van der Waals surface area contributed by atoms with Gasteiger partial charge in [0.2, 0.25) is 0 Å². The maximum Gasteiger partial charge on any atom is 0.309 e. The van der Waals surface area contributed by atoms with Crippen molar-refractivity contribution in [2.45, 2.75) is 39.2 Å². The SMILES string of the molecule is CC1=CC[C@@H]2[C@H]3[C@H](CC[C@H]2C)C(=O)O[C@H]13. The van der Waals surface area contributed by atoms with Crippen molar-refractivity contribution in [1.82, 2.24) is 0 Å². The van der Waals surface area contributed by atoms with Crippen LogP contribution in [0.1, 0.15) is 33.1 Å². The number of carbonyl (C=O) groups is 1. The van der Waals surface area contributed by atoms with Crippen LogP contribution < -0.4 is 0 Å². The second-order valence-corrected chi connectivity index (χ2v) is 5.44. The molecule has 2 fully saturated rings. The van der Waals surface area contributed by atoms with Gasteiger partial charge in [0.25, 0.3) is 0 Å². The minimum atomic E-state index is 0.0663. The fraction of sp³-hybridized carbons (Fsp3) is 0.769. The monoisotopic (exact) mass is 206 g/mol. The van der Waals surface area contributed by atoms with Crippen LogP contribution >= 0.6 is 0 Å². The molecule has 0 aromatic heterocycles. The van der Waals surface area contributed by atoms with E-state index in [2.05, 4.69) is 19.9 Å². The molecule has 0 unspecified atom stereocenters. The Hall–Kier alpha value is -0.790. The second-order valence-electron chi connectivity index (χ2n) is 5.44. The summed E-state index contributed by atoms with van der Waals surface area (Å²) >= 11 is 0. The summed E-state index contributed by atoms with van der Waals surface area (Å²) in [6.07, 6.45) is 5.79. The van der Waals surface area contributed by atoms with Gasteiger partial charge in [-0.2, -0.15) is 0 Å². The van der Waals surface area contributed by atoms with Crippen molar-refractivity contribution in [1.29, 1.82) is 0 Å². The van der Waals surface area contributed by atoms with Crippen LogP contribution in [0.25, 0.3) is 0 Å². The number of hydrogen-bond donors (Lipinski definition) is 0. The number of carbonyl (C=O) groups excluding carboxylic acids is 1. The highest BCUT2D eigenvalue weighted by Crippen LogP contribution is 2.51. The Morgan fingerprint density at radius 1 is 1.40 bits per heavy atom. The summed E-state index contributed by atoms with van der Waals surface area (Å²) in [4.78, 5) is 11.8. The molecule has 0 aromatic carbocycles. The molecule has 0 bridgehead atoms. The van der Waals surface area contributed by atoms with E-state index >= 15 is 0 Å². The minimum absolute atomic E-state index is 0.0663. The summed E-state index contributed by atoms with van der Waals surface area (Å²) in [6, 6.07) is 0. The van der Waals surface area contributed by atoms with Crippen LogP contribution in [0, 0.1) is 23.7 Å². The van der Waals surface area contributed by atoms with Crippen LogP contribution in [0.4, 0.5) is 0 Å². The van der Waals surface area contributed by atoms with Gasteiger partial charge >= 0.3 is 5.97 Å². The van der Waals surface area contributed by atoms with Gasteiger partial charge in [0, 0.05) is 5.92 Å². The van der Waals surface area contributed by atoms with E-state index in [1.807, 2.05) is 0 Å². The standard InChI is InChI=1S/C13H18O2/c1-7-3-6-10-11-9(7)5-4-8(2)12(11)15-13(10)14/h4,7,9-12H,3,5-6H2,1-2H3/t7-,9+,10+,11+,12-/m1/s1. The van der Waals surface area contributed by atoms with E-state index < -0.39 is 0 Å². The summed E-state index contributed by atoms with van der Waals surface area (Å²) in [5.74, 6) is 2.21. The van der Waals surface area contributed by atoms with Crippen LogP contribution in [0.2, 0.25) is 0 Å². The highest BCUT2D eigenvalue weighted by molar-refractivity contribution is 5.76. The van der Waals surface area contributed by atoms with Gasteiger partial charge in [-0.05, 0) is 43.6 Å². The Bertz CT molecular complexity index is 331. The van der Waals surface area contributed by atoms with Gasteiger partial charge in [-0.3, -0.25) is 4.79 Å². The highest BCUT2D eigenvalue weighted by atomic mass is 16.6. The maximum atomic E-state index is 11.8. The summed E-state index contributed by atoms with van der Waals surface area (Å²) in [5, 5.41) is 0. The summed E-state index contributed by atoms with van der Waals surface area (Å²) in [6.45, 7) is 4.44. The van der Waals surface area contributed by atoms with Gasteiger partial charge in [0.05, 0.1) is 5.92 Å². The Kier molecular flexibility index (Phi) is 1.95. The van der Waals surface area contributed by atoms with Gasteiger partial charge in [-0.15, -0.1) is 0 Å². The third-order valence-corrected chi connectivity index (χ3v) is 4.68. The van der Waals surface area contributed by atoms with Gasteiger partial charge in [-0.1, -0.05) is 13.0 Å². The second kappa shape index (κ2) is 3.10. The molecule has 1 heterocycles. The number of hydrogen-bond acceptors (Lipinski definition) is 2. The molecule has 3 rings (SSSR count).